The van der Waals surface area contributed by atoms with Crippen molar-refractivity contribution < 1.29 is 0 Å². The van der Waals surface area contributed by atoms with Crippen molar-refractivity contribution in [1.29, 1.82) is 0 Å². The first-order valence-corrected chi connectivity index (χ1v) is 5.93. The molecule has 14 heavy (non-hydrogen) atoms. The van der Waals surface area contributed by atoms with E-state index in [2.05, 4.69) is 41.8 Å². The summed E-state index contributed by atoms with van der Waals surface area (Å²) in [5.74, 6) is 0.969. The van der Waals surface area contributed by atoms with Crippen molar-refractivity contribution in [2.45, 2.75) is 12.8 Å². The molecule has 0 aliphatic carbocycles. The van der Waals surface area contributed by atoms with Gasteiger partial charge < -0.3 is 4.90 Å². The number of hydrogen-bond donors (Lipinski definition) is 1. The van der Waals surface area contributed by atoms with Gasteiger partial charge in [-0.3, -0.25) is 0 Å². The molecule has 0 saturated carbocycles. The van der Waals surface area contributed by atoms with Crippen molar-refractivity contribution in [3.05, 3.63) is 35.4 Å². The van der Waals surface area contributed by atoms with Gasteiger partial charge in [-0.05, 0) is 24.0 Å². The van der Waals surface area contributed by atoms with E-state index in [1.807, 2.05) is 0 Å². The van der Waals surface area contributed by atoms with Gasteiger partial charge in [-0.25, -0.2) is 0 Å². The highest BCUT2D eigenvalue weighted by atomic mass is 32.1. The van der Waals surface area contributed by atoms with Gasteiger partial charge in [-0.2, -0.15) is 12.6 Å². The lowest BCUT2D eigenvalue weighted by molar-refractivity contribution is 0.306. The lowest BCUT2D eigenvalue weighted by Gasteiger charge is -2.17. The lowest BCUT2D eigenvalue weighted by Crippen LogP contribution is -2.28. The van der Waals surface area contributed by atoms with E-state index in [0.717, 1.165) is 12.3 Å². The van der Waals surface area contributed by atoms with Crippen LogP contribution in [0.1, 0.15) is 11.1 Å². The van der Waals surface area contributed by atoms with Crippen molar-refractivity contribution in [3.8, 4) is 0 Å². The molecule has 2 heteroatoms. The molecule has 0 aromatic heterocycles. The summed E-state index contributed by atoms with van der Waals surface area (Å²) < 4.78 is 0. The summed E-state index contributed by atoms with van der Waals surface area (Å²) in [6.45, 7) is 3.51. The van der Waals surface area contributed by atoms with Gasteiger partial charge >= 0.3 is 0 Å². The highest BCUT2D eigenvalue weighted by Gasteiger charge is 2.11. The number of thiol groups is 1. The average molecular weight is 207 g/mol. The monoisotopic (exact) mass is 207 g/mol. The molecule has 1 aliphatic heterocycles. The third kappa shape index (κ3) is 2.31. The molecule has 0 spiro atoms. The summed E-state index contributed by atoms with van der Waals surface area (Å²) >= 11 is 4.29. The van der Waals surface area contributed by atoms with Crippen molar-refractivity contribution in [1.82, 2.24) is 4.90 Å². The average Bonchev–Trinajstić information content (AvgIpc) is 2.42. The van der Waals surface area contributed by atoms with E-state index < -0.39 is 0 Å². The second-order valence-corrected chi connectivity index (χ2v) is 4.28. The Balaban J connectivity index is 2.06. The van der Waals surface area contributed by atoms with Crippen LogP contribution in [0.5, 0.6) is 0 Å². The summed E-state index contributed by atoms with van der Waals surface area (Å²) in [6.07, 6.45) is 2.40. The summed E-state index contributed by atoms with van der Waals surface area (Å²) in [5.41, 5.74) is 3.07. The highest BCUT2D eigenvalue weighted by Crippen LogP contribution is 2.15. The third-order valence-electron chi connectivity index (χ3n) is 2.93. The van der Waals surface area contributed by atoms with Crippen molar-refractivity contribution >= 4 is 12.6 Å². The predicted molar refractivity (Wildman–Crippen MR) is 64.1 cm³/mol. The molecule has 1 aromatic rings. The molecule has 76 valence electrons. The van der Waals surface area contributed by atoms with Crippen molar-refractivity contribution in [3.63, 3.8) is 0 Å². The number of hydrogen-bond acceptors (Lipinski definition) is 2. The van der Waals surface area contributed by atoms with E-state index in [1.54, 1.807) is 0 Å². The quantitative estimate of drug-likeness (QED) is 0.726. The molecule has 0 unspecified atom stereocenters. The molecule has 0 atom stereocenters. The van der Waals surface area contributed by atoms with Crippen LogP contribution in [0.15, 0.2) is 24.3 Å². The molecule has 2 rings (SSSR count). The molecule has 0 N–H and O–H groups in total. The van der Waals surface area contributed by atoms with Crippen LogP contribution in [0.2, 0.25) is 0 Å². The van der Waals surface area contributed by atoms with Gasteiger partial charge in [0, 0.05) is 25.4 Å². The van der Waals surface area contributed by atoms with Crippen LogP contribution in [0.4, 0.5) is 0 Å². The number of nitrogens with zero attached hydrogens (tertiary/aromatic N) is 1. The largest absolute Gasteiger partial charge is 0.302 e. The van der Waals surface area contributed by atoms with E-state index >= 15 is 0 Å². The second-order valence-electron chi connectivity index (χ2n) is 3.83. The Morgan fingerprint density at radius 1 is 1.07 bits per heavy atom. The molecule has 1 nitrogen and oxygen atoms in total. The fraction of sp³-hybridized carbons (Fsp3) is 0.500. The molecule has 0 radical (unpaired) electrons. The van der Waals surface area contributed by atoms with E-state index in [1.165, 1.54) is 37.1 Å². The zero-order valence-corrected chi connectivity index (χ0v) is 9.34. The van der Waals surface area contributed by atoms with Crippen LogP contribution in [0, 0.1) is 0 Å². The van der Waals surface area contributed by atoms with Gasteiger partial charge in [0.2, 0.25) is 0 Å². The number of benzene rings is 1. The summed E-state index contributed by atoms with van der Waals surface area (Å²) in [6, 6.07) is 8.82. The Hall–Kier alpha value is -0.470. The molecule has 0 amide bonds. The zero-order chi connectivity index (χ0) is 9.80. The molecule has 0 fully saturated rings. The minimum Gasteiger partial charge on any atom is -0.302 e. The summed E-state index contributed by atoms with van der Waals surface area (Å²) in [4.78, 5) is 2.51. The molecular formula is C12H17NS. The van der Waals surface area contributed by atoms with Gasteiger partial charge in [0.05, 0.1) is 0 Å². The van der Waals surface area contributed by atoms with Gasteiger partial charge in [0.1, 0.15) is 0 Å². The van der Waals surface area contributed by atoms with E-state index in [9.17, 15) is 0 Å². The normalized spacial score (nSPS) is 17.5. The smallest absolute Gasteiger partial charge is 0.00701 e. The molecule has 0 saturated heterocycles. The Bertz CT molecular complexity index is 271. The van der Waals surface area contributed by atoms with Crippen LogP contribution in [-0.4, -0.2) is 30.3 Å². The fourth-order valence-electron chi connectivity index (χ4n) is 2.08. The van der Waals surface area contributed by atoms with E-state index in [-0.39, 0.29) is 0 Å². The fourth-order valence-corrected chi connectivity index (χ4v) is 2.36. The summed E-state index contributed by atoms with van der Waals surface area (Å²) in [5, 5.41) is 0. The first-order chi connectivity index (χ1) is 6.90. The minimum absolute atomic E-state index is 0.969. The van der Waals surface area contributed by atoms with E-state index in [4.69, 9.17) is 0 Å². The maximum atomic E-state index is 4.29. The van der Waals surface area contributed by atoms with Crippen LogP contribution in [-0.2, 0) is 12.8 Å². The predicted octanol–water partition coefficient (Wildman–Crippen LogP) is 2.02. The Labute approximate surface area is 91.5 Å². The standard InChI is InChI=1S/C12H17NS/c14-10-9-13-7-5-11-3-1-2-4-12(11)6-8-13/h1-4,14H,5-10H2. The van der Waals surface area contributed by atoms with Crippen LogP contribution in [0.3, 0.4) is 0 Å². The zero-order valence-electron chi connectivity index (χ0n) is 8.45. The number of fused-ring (bicyclic) bond motifs is 1. The summed E-state index contributed by atoms with van der Waals surface area (Å²) in [7, 11) is 0. The van der Waals surface area contributed by atoms with Crippen LogP contribution in [0.25, 0.3) is 0 Å². The maximum Gasteiger partial charge on any atom is 0.00701 e. The van der Waals surface area contributed by atoms with Gasteiger partial charge in [-0.1, -0.05) is 24.3 Å². The van der Waals surface area contributed by atoms with E-state index in [0.29, 0.717) is 0 Å². The van der Waals surface area contributed by atoms with Crippen molar-refractivity contribution in [2.75, 3.05) is 25.4 Å². The van der Waals surface area contributed by atoms with Gasteiger partial charge in [-0.15, -0.1) is 0 Å². The minimum atomic E-state index is 0.969. The van der Waals surface area contributed by atoms with Crippen LogP contribution >= 0.6 is 12.6 Å². The molecule has 1 heterocycles. The first kappa shape index (κ1) is 10.1. The molecule has 1 aliphatic rings. The van der Waals surface area contributed by atoms with Crippen LogP contribution < -0.4 is 0 Å². The number of rotatable bonds is 2. The molecule has 1 aromatic carbocycles. The molecule has 0 bridgehead atoms. The lowest BCUT2D eigenvalue weighted by atomic mass is 10.0. The third-order valence-corrected chi connectivity index (χ3v) is 3.13. The Kier molecular flexibility index (Phi) is 3.49. The first-order valence-electron chi connectivity index (χ1n) is 5.30. The Morgan fingerprint density at radius 3 is 2.14 bits per heavy atom. The van der Waals surface area contributed by atoms with Gasteiger partial charge in [0.25, 0.3) is 0 Å². The Morgan fingerprint density at radius 2 is 1.64 bits per heavy atom. The van der Waals surface area contributed by atoms with Gasteiger partial charge in [0.15, 0.2) is 0 Å². The molecular weight excluding hydrogens is 190 g/mol. The SMILES string of the molecule is SCCN1CCc2ccccc2CC1. The van der Waals surface area contributed by atoms with Crippen molar-refractivity contribution in [2.24, 2.45) is 0 Å². The topological polar surface area (TPSA) is 3.24 Å². The maximum absolute atomic E-state index is 4.29. The second kappa shape index (κ2) is 4.85. The highest BCUT2D eigenvalue weighted by molar-refractivity contribution is 7.80.